The molecule has 0 amide bonds. The molecule has 214 valence electrons. The highest BCUT2D eigenvalue weighted by molar-refractivity contribution is 8.38. The highest BCUT2D eigenvalue weighted by atomic mass is 32.2. The Hall–Kier alpha value is -2.66. The number of nitrogens with one attached hydrogen (secondary N) is 2. The average Bonchev–Trinajstić information content (AvgIpc) is 3.49. The molecular weight excluding hydrogens is 569 g/mol. The summed E-state index contributed by atoms with van der Waals surface area (Å²) in [6.45, 7) is 6.99. The van der Waals surface area contributed by atoms with E-state index in [-0.39, 0.29) is 12.1 Å². The van der Waals surface area contributed by atoms with Gasteiger partial charge in [0.1, 0.15) is 10.1 Å². The molecule has 7 rings (SSSR count). The molecule has 4 aliphatic rings. The number of piperidine rings is 3. The number of pyridine rings is 2. The lowest BCUT2D eigenvalue weighted by Crippen LogP contribution is -2.58. The Morgan fingerprint density at radius 1 is 1.27 bits per heavy atom. The van der Waals surface area contributed by atoms with Gasteiger partial charge in [0.15, 0.2) is 5.11 Å². The molecule has 0 radical (unpaired) electrons. The third-order valence-corrected chi connectivity index (χ3v) is 11.1. The zero-order valence-corrected chi connectivity index (χ0v) is 25.7. The van der Waals surface area contributed by atoms with E-state index in [9.17, 15) is 0 Å². The van der Waals surface area contributed by atoms with E-state index in [1.54, 1.807) is 18.9 Å². The minimum Gasteiger partial charge on any atom is -0.497 e. The number of fused-ring (bicyclic) bond motifs is 4. The van der Waals surface area contributed by atoms with Crippen LogP contribution in [0.4, 0.5) is 0 Å². The normalized spacial score (nSPS) is 25.9. The van der Waals surface area contributed by atoms with Crippen LogP contribution in [-0.2, 0) is 5.75 Å². The third kappa shape index (κ3) is 6.56. The predicted octanol–water partition coefficient (Wildman–Crippen LogP) is 5.44. The first-order valence-electron chi connectivity index (χ1n) is 14.2. The number of thioether (sulfide) groups is 2. The third-order valence-electron chi connectivity index (χ3n) is 8.40. The summed E-state index contributed by atoms with van der Waals surface area (Å²) in [7, 11) is 1.71. The second-order valence-corrected chi connectivity index (χ2v) is 13.5. The van der Waals surface area contributed by atoms with Gasteiger partial charge in [0.05, 0.1) is 30.4 Å². The maximum absolute atomic E-state index is 5.92. The van der Waals surface area contributed by atoms with Crippen molar-refractivity contribution in [3.63, 3.8) is 0 Å². The molecule has 1 aromatic carbocycles. The molecule has 41 heavy (non-hydrogen) atoms. The second kappa shape index (κ2) is 13.1. The van der Waals surface area contributed by atoms with Crippen LogP contribution in [0.1, 0.15) is 30.1 Å². The number of nitrogens with zero attached hydrogens (tertiary/aromatic N) is 4. The lowest BCUT2D eigenvalue weighted by molar-refractivity contribution is 0.00430. The molecule has 2 N–H and O–H groups in total. The summed E-state index contributed by atoms with van der Waals surface area (Å²) >= 11 is 9.49. The number of methoxy groups -OCH3 is 1. The molecule has 6 atom stereocenters. The summed E-state index contributed by atoms with van der Waals surface area (Å²) in [5.74, 6) is 3.84. The predicted molar refractivity (Wildman–Crippen MR) is 176 cm³/mol. The summed E-state index contributed by atoms with van der Waals surface area (Å²) in [4.78, 5) is 16.6. The molecule has 10 heteroatoms. The molecule has 0 aliphatic carbocycles. The Bertz CT molecular complexity index is 1420. The number of ether oxygens (including phenoxy) is 1. The van der Waals surface area contributed by atoms with Gasteiger partial charge in [0, 0.05) is 48.4 Å². The Balaban J connectivity index is 1.16. The molecular formula is C31H36N6OS3. The van der Waals surface area contributed by atoms with Gasteiger partial charge in [-0.05, 0) is 85.4 Å². The Morgan fingerprint density at radius 2 is 2.20 bits per heavy atom. The van der Waals surface area contributed by atoms with Crippen molar-refractivity contribution < 1.29 is 4.74 Å². The SMILES string of the molecule is C=CC1CN2CCC1C[C@H]2[C@@H](NC(=S)NC[C@@H]1CSC(SCc2ccccn2)=N1)c1ccnc2ccc(OC)cc12. The van der Waals surface area contributed by atoms with E-state index in [1.807, 2.05) is 48.4 Å². The summed E-state index contributed by atoms with van der Waals surface area (Å²) in [5.41, 5.74) is 3.24. The van der Waals surface area contributed by atoms with Crippen molar-refractivity contribution in [1.29, 1.82) is 0 Å². The van der Waals surface area contributed by atoms with Crippen molar-refractivity contribution in [2.45, 2.75) is 36.7 Å². The van der Waals surface area contributed by atoms with E-state index in [4.69, 9.17) is 21.9 Å². The summed E-state index contributed by atoms with van der Waals surface area (Å²) in [6, 6.07) is 14.8. The van der Waals surface area contributed by atoms with Crippen LogP contribution in [0.15, 0.2) is 72.5 Å². The van der Waals surface area contributed by atoms with E-state index >= 15 is 0 Å². The number of hydrogen-bond acceptors (Lipinski definition) is 8. The van der Waals surface area contributed by atoms with Crippen LogP contribution in [0.3, 0.4) is 0 Å². The second-order valence-electron chi connectivity index (χ2n) is 10.8. The van der Waals surface area contributed by atoms with Gasteiger partial charge in [-0.1, -0.05) is 35.7 Å². The van der Waals surface area contributed by atoms with Gasteiger partial charge in [-0.15, -0.1) is 6.58 Å². The van der Waals surface area contributed by atoms with E-state index in [1.165, 1.54) is 12.0 Å². The number of aliphatic imine (C=N–C) groups is 1. The van der Waals surface area contributed by atoms with Crippen LogP contribution >= 0.6 is 35.7 Å². The first kappa shape index (κ1) is 28.5. The topological polar surface area (TPSA) is 74.7 Å². The molecule has 3 fully saturated rings. The molecule has 2 bridgehead atoms. The first-order valence-corrected chi connectivity index (χ1v) is 16.6. The van der Waals surface area contributed by atoms with E-state index in [2.05, 4.69) is 56.4 Å². The minimum atomic E-state index is 0.0205. The van der Waals surface area contributed by atoms with Gasteiger partial charge in [0.25, 0.3) is 0 Å². The maximum atomic E-state index is 5.92. The molecule has 3 aromatic rings. The van der Waals surface area contributed by atoms with Crippen LogP contribution in [0, 0.1) is 11.8 Å². The van der Waals surface area contributed by atoms with Gasteiger partial charge in [-0.3, -0.25) is 19.9 Å². The van der Waals surface area contributed by atoms with E-state index in [0.29, 0.717) is 29.5 Å². The lowest BCUT2D eigenvalue weighted by atomic mass is 9.73. The molecule has 0 spiro atoms. The van der Waals surface area contributed by atoms with Gasteiger partial charge < -0.3 is 15.4 Å². The quantitative estimate of drug-likeness (QED) is 0.245. The Morgan fingerprint density at radius 3 is 2.98 bits per heavy atom. The van der Waals surface area contributed by atoms with Crippen LogP contribution in [0.5, 0.6) is 5.75 Å². The number of rotatable bonds is 9. The zero-order chi connectivity index (χ0) is 28.2. The van der Waals surface area contributed by atoms with Crippen LogP contribution in [0.2, 0.25) is 0 Å². The highest BCUT2D eigenvalue weighted by Gasteiger charge is 2.43. The Labute approximate surface area is 256 Å². The molecule has 3 unspecified atom stereocenters. The lowest BCUT2D eigenvalue weighted by Gasteiger charge is -2.52. The number of hydrogen-bond donors (Lipinski definition) is 2. The molecule has 7 nitrogen and oxygen atoms in total. The van der Waals surface area contributed by atoms with Crippen molar-refractivity contribution in [2.24, 2.45) is 16.8 Å². The van der Waals surface area contributed by atoms with Crippen molar-refractivity contribution in [3.8, 4) is 5.75 Å². The van der Waals surface area contributed by atoms with Crippen molar-refractivity contribution in [1.82, 2.24) is 25.5 Å². The monoisotopic (exact) mass is 604 g/mol. The largest absolute Gasteiger partial charge is 0.497 e. The molecule has 2 aromatic heterocycles. The van der Waals surface area contributed by atoms with Crippen LogP contribution in [-0.4, -0.2) is 68.9 Å². The molecule has 3 saturated heterocycles. The fourth-order valence-corrected chi connectivity index (χ4v) is 8.59. The summed E-state index contributed by atoms with van der Waals surface area (Å²) in [6.07, 6.45) is 8.24. The summed E-state index contributed by atoms with van der Waals surface area (Å²) < 4.78 is 6.71. The summed E-state index contributed by atoms with van der Waals surface area (Å²) in [5, 5.41) is 9.01. The number of thiocarbonyl (C=S) groups is 1. The Kier molecular flexibility index (Phi) is 9.10. The van der Waals surface area contributed by atoms with Crippen molar-refractivity contribution >= 4 is 56.1 Å². The van der Waals surface area contributed by atoms with E-state index < -0.39 is 0 Å². The number of aromatic nitrogens is 2. The van der Waals surface area contributed by atoms with Gasteiger partial charge in [0.2, 0.25) is 0 Å². The van der Waals surface area contributed by atoms with Gasteiger partial charge in [-0.25, -0.2) is 0 Å². The standard InChI is InChI=1S/C31H36N6OS3/c1-3-20-17-37-13-10-21(20)14-28(37)29(25-9-12-33-27-8-7-24(38-2)15-26(25)27)36-30(39)34-16-23-19-41-31(35-23)40-18-22-6-4-5-11-32-22/h3-9,11-12,15,20-21,23,28-29H,1,10,13-14,16-19H2,2H3,(H2,34,36,39)/t20?,21?,23-,28+,29+/m1/s1. The zero-order valence-electron chi connectivity index (χ0n) is 23.2. The van der Waals surface area contributed by atoms with Crippen molar-refractivity contribution in [2.75, 3.05) is 32.5 Å². The minimum absolute atomic E-state index is 0.0205. The van der Waals surface area contributed by atoms with Gasteiger partial charge >= 0.3 is 0 Å². The molecule has 6 heterocycles. The van der Waals surface area contributed by atoms with Crippen LogP contribution < -0.4 is 15.4 Å². The fraction of sp³-hybridized carbons (Fsp3) is 0.419. The highest BCUT2D eigenvalue weighted by Crippen LogP contribution is 2.42. The molecule has 4 aliphatic heterocycles. The van der Waals surface area contributed by atoms with E-state index in [0.717, 1.165) is 57.7 Å². The number of benzene rings is 1. The first-order chi connectivity index (χ1) is 20.1. The molecule has 0 saturated carbocycles. The fourth-order valence-electron chi connectivity index (χ4n) is 6.25. The van der Waals surface area contributed by atoms with Gasteiger partial charge in [-0.2, -0.15) is 0 Å². The smallest absolute Gasteiger partial charge is 0.166 e. The van der Waals surface area contributed by atoms with Crippen molar-refractivity contribution in [3.05, 3.63) is 78.8 Å². The van der Waals surface area contributed by atoms with Crippen LogP contribution in [0.25, 0.3) is 10.9 Å². The average molecular weight is 605 g/mol. The maximum Gasteiger partial charge on any atom is 0.166 e.